The minimum absolute atomic E-state index is 0.0959. The molecule has 0 radical (unpaired) electrons. The molecule has 2 unspecified atom stereocenters. The molecule has 1 saturated carbocycles. The van der Waals surface area contributed by atoms with Crippen LogP contribution in [0.1, 0.15) is 37.8 Å². The van der Waals surface area contributed by atoms with Crippen LogP contribution in [0.5, 0.6) is 5.75 Å². The molecule has 4 atom stereocenters. The molecule has 9 heteroatoms. The molecule has 0 spiro atoms. The molecule has 2 fully saturated rings. The summed E-state index contributed by atoms with van der Waals surface area (Å²) in [6.45, 7) is 1.56. The molecule has 2 aliphatic heterocycles. The van der Waals surface area contributed by atoms with Crippen molar-refractivity contribution in [1.29, 1.82) is 0 Å². The largest absolute Gasteiger partial charge is 0.491 e. The number of ether oxygens (including phenoxy) is 2. The number of nitrogens with zero attached hydrogens (tertiary/aromatic N) is 1. The predicted molar refractivity (Wildman–Crippen MR) is 122 cm³/mol. The number of hydrogen-bond acceptors (Lipinski definition) is 5. The maximum Gasteiger partial charge on any atom is 0.416 e. The number of fused-ring (bicyclic) bond motifs is 3. The number of carboxylic acid groups (broad SMARTS) is 1. The van der Waals surface area contributed by atoms with Crippen molar-refractivity contribution >= 4 is 28.8 Å². The number of hydrogen-bond donors (Lipinski definition) is 3. The normalized spacial score (nSPS) is 24.3. The van der Waals surface area contributed by atoms with Crippen LogP contribution in [0.15, 0.2) is 42.6 Å². The summed E-state index contributed by atoms with van der Waals surface area (Å²) in [6.07, 6.45) is 0.508. The summed E-state index contributed by atoms with van der Waals surface area (Å²) in [5, 5.41) is 16.2. The smallest absolute Gasteiger partial charge is 0.416 e. The van der Waals surface area contributed by atoms with Gasteiger partial charge < -0.3 is 25.2 Å². The van der Waals surface area contributed by atoms with Gasteiger partial charge in [-0.1, -0.05) is 18.2 Å². The predicted octanol–water partition coefficient (Wildman–Crippen LogP) is 2.43. The Labute approximate surface area is 194 Å². The molecule has 1 saturated heterocycles. The minimum atomic E-state index is -1.08. The van der Waals surface area contributed by atoms with E-state index in [4.69, 9.17) is 9.47 Å². The molecule has 0 bridgehead atoms. The third-order valence-electron chi connectivity index (χ3n) is 7.20. The molecule has 1 aliphatic carbocycles. The van der Waals surface area contributed by atoms with E-state index in [0.29, 0.717) is 47.4 Å². The van der Waals surface area contributed by atoms with Crippen LogP contribution in [0.2, 0.25) is 0 Å². The number of carbonyl (C=O) groups is 3. The van der Waals surface area contributed by atoms with E-state index >= 15 is 0 Å². The van der Waals surface area contributed by atoms with Crippen LogP contribution in [0.25, 0.3) is 10.9 Å². The lowest BCUT2D eigenvalue weighted by Gasteiger charge is -2.13. The van der Waals surface area contributed by atoms with Gasteiger partial charge >= 0.3 is 6.09 Å². The van der Waals surface area contributed by atoms with E-state index in [1.807, 2.05) is 12.1 Å². The lowest BCUT2D eigenvalue weighted by molar-refractivity contribution is 0.0928. The Morgan fingerprint density at radius 3 is 2.53 bits per heavy atom. The quantitative estimate of drug-likeness (QED) is 0.549. The third-order valence-corrected chi connectivity index (χ3v) is 7.20. The Morgan fingerprint density at radius 1 is 1.03 bits per heavy atom. The van der Waals surface area contributed by atoms with E-state index in [0.717, 1.165) is 10.9 Å². The van der Waals surface area contributed by atoms with E-state index in [2.05, 4.69) is 10.6 Å². The van der Waals surface area contributed by atoms with E-state index in [1.165, 1.54) is 11.6 Å². The van der Waals surface area contributed by atoms with Crippen LogP contribution < -0.4 is 15.4 Å². The van der Waals surface area contributed by atoms with Crippen molar-refractivity contribution < 1.29 is 29.0 Å². The number of nitrogens with one attached hydrogen (secondary N) is 2. The Kier molecular flexibility index (Phi) is 4.63. The molecular weight excluding hydrogens is 438 g/mol. The van der Waals surface area contributed by atoms with Crippen LogP contribution in [0.3, 0.4) is 0 Å². The van der Waals surface area contributed by atoms with E-state index in [9.17, 15) is 19.5 Å². The van der Waals surface area contributed by atoms with Gasteiger partial charge in [0.15, 0.2) is 0 Å². The molecule has 2 amide bonds. The first-order valence-electron chi connectivity index (χ1n) is 11.2. The Bertz CT molecular complexity index is 1350. The first kappa shape index (κ1) is 20.7. The van der Waals surface area contributed by atoms with Gasteiger partial charge in [-0.15, -0.1) is 0 Å². The second-order valence-electron chi connectivity index (χ2n) is 9.00. The second-order valence-corrected chi connectivity index (χ2v) is 9.00. The van der Waals surface area contributed by atoms with Crippen molar-refractivity contribution in [2.75, 3.05) is 26.9 Å². The summed E-state index contributed by atoms with van der Waals surface area (Å²) in [4.78, 5) is 37.6. The SMILES string of the molecule is CNC(=O)c1cc(C(=O)NC2[C@H]3COC[C@@H]23)cc2c1OCC2c1cn(C(=O)O)c2ccccc12. The molecule has 3 N–H and O–H groups in total. The topological polar surface area (TPSA) is 119 Å². The number of para-hydroxylation sites is 1. The van der Waals surface area contributed by atoms with E-state index in [1.54, 1.807) is 30.5 Å². The highest BCUT2D eigenvalue weighted by atomic mass is 16.5. The van der Waals surface area contributed by atoms with Crippen molar-refractivity contribution in [2.24, 2.45) is 11.8 Å². The summed E-state index contributed by atoms with van der Waals surface area (Å²) in [6, 6.07) is 10.7. The van der Waals surface area contributed by atoms with Crippen LogP contribution in [-0.2, 0) is 4.74 Å². The van der Waals surface area contributed by atoms with Crippen molar-refractivity contribution in [1.82, 2.24) is 15.2 Å². The first-order valence-corrected chi connectivity index (χ1v) is 11.2. The van der Waals surface area contributed by atoms with Crippen molar-refractivity contribution in [3.8, 4) is 5.75 Å². The Hall–Kier alpha value is -3.85. The van der Waals surface area contributed by atoms with Gasteiger partial charge in [0.1, 0.15) is 5.75 Å². The highest BCUT2D eigenvalue weighted by molar-refractivity contribution is 6.03. The molecule has 174 valence electrons. The van der Waals surface area contributed by atoms with E-state index < -0.39 is 6.09 Å². The molecule has 2 aromatic carbocycles. The Morgan fingerprint density at radius 2 is 1.79 bits per heavy atom. The number of amides is 2. The van der Waals surface area contributed by atoms with Gasteiger partial charge in [-0.25, -0.2) is 4.79 Å². The van der Waals surface area contributed by atoms with Gasteiger partial charge in [0.05, 0.1) is 30.9 Å². The molecule has 3 heterocycles. The zero-order valence-corrected chi connectivity index (χ0v) is 18.4. The summed E-state index contributed by atoms with van der Waals surface area (Å²) in [5.41, 5.74) is 2.70. The molecule has 6 rings (SSSR count). The van der Waals surface area contributed by atoms with Crippen molar-refractivity contribution in [3.63, 3.8) is 0 Å². The van der Waals surface area contributed by atoms with Gasteiger partial charge in [-0.3, -0.25) is 14.2 Å². The van der Waals surface area contributed by atoms with Crippen LogP contribution in [-0.4, -0.2) is 60.5 Å². The Balaban J connectivity index is 1.43. The van der Waals surface area contributed by atoms with Crippen LogP contribution in [0.4, 0.5) is 4.79 Å². The van der Waals surface area contributed by atoms with Crippen molar-refractivity contribution in [3.05, 3.63) is 64.8 Å². The van der Waals surface area contributed by atoms with Gasteiger partial charge in [0, 0.05) is 53.6 Å². The fraction of sp³-hybridized carbons (Fsp3) is 0.320. The summed E-state index contributed by atoms with van der Waals surface area (Å²) < 4.78 is 12.6. The minimum Gasteiger partial charge on any atom is -0.491 e. The molecule has 9 nitrogen and oxygen atoms in total. The fourth-order valence-corrected chi connectivity index (χ4v) is 5.35. The van der Waals surface area contributed by atoms with Crippen LogP contribution >= 0.6 is 0 Å². The molecule has 3 aromatic rings. The van der Waals surface area contributed by atoms with Crippen molar-refractivity contribution in [2.45, 2.75) is 12.0 Å². The highest BCUT2D eigenvalue weighted by Crippen LogP contribution is 2.45. The van der Waals surface area contributed by atoms with Gasteiger partial charge in [-0.05, 0) is 23.8 Å². The second kappa shape index (κ2) is 7.59. The lowest BCUT2D eigenvalue weighted by atomic mass is 9.90. The van der Waals surface area contributed by atoms with Gasteiger partial charge in [0.25, 0.3) is 11.8 Å². The maximum atomic E-state index is 13.1. The number of carbonyl (C=O) groups excluding carboxylic acids is 2. The monoisotopic (exact) mass is 461 g/mol. The molecule has 1 aromatic heterocycles. The molecule has 34 heavy (non-hydrogen) atoms. The number of benzene rings is 2. The summed E-state index contributed by atoms with van der Waals surface area (Å²) >= 11 is 0. The number of aromatic nitrogens is 1. The van der Waals surface area contributed by atoms with Gasteiger partial charge in [0.2, 0.25) is 0 Å². The molecular formula is C25H23N3O6. The maximum absolute atomic E-state index is 13.1. The standard InChI is InChI=1S/C25H23N3O6/c1-26-24(30)15-7-12(23(29)27-21-18-9-33-10-19(18)21)6-14-17(11-34-22(14)15)16-8-28(25(31)32)20-5-3-2-4-13(16)20/h2-8,17-19,21H,9-11H2,1H3,(H,26,30)(H,27,29)(H,31,32)/t17?,18-,19+,21?. The fourth-order valence-electron chi connectivity index (χ4n) is 5.35. The lowest BCUT2D eigenvalue weighted by Crippen LogP contribution is -2.30. The summed E-state index contributed by atoms with van der Waals surface area (Å²) in [5.74, 6) is 0.210. The third kappa shape index (κ3) is 3.07. The first-order chi connectivity index (χ1) is 16.5. The zero-order valence-electron chi connectivity index (χ0n) is 18.4. The van der Waals surface area contributed by atoms with Gasteiger partial charge in [-0.2, -0.15) is 0 Å². The van der Waals surface area contributed by atoms with Crippen LogP contribution in [0, 0.1) is 11.8 Å². The average molecular weight is 461 g/mol. The van der Waals surface area contributed by atoms with E-state index in [-0.39, 0.29) is 35.9 Å². The highest BCUT2D eigenvalue weighted by Gasteiger charge is 2.54. The molecule has 3 aliphatic rings. The zero-order chi connectivity index (χ0) is 23.6. The average Bonchev–Trinajstić information content (AvgIpc) is 3.28. The number of rotatable bonds is 4. The summed E-state index contributed by atoms with van der Waals surface area (Å²) in [7, 11) is 1.53.